The van der Waals surface area contributed by atoms with Gasteiger partial charge in [-0.2, -0.15) is 0 Å². The fourth-order valence-electron chi connectivity index (χ4n) is 2.66. The molecule has 5 heteroatoms. The minimum absolute atomic E-state index is 0.271. The van der Waals surface area contributed by atoms with Crippen molar-refractivity contribution >= 4 is 18.0 Å². The van der Waals surface area contributed by atoms with Crippen LogP contribution in [-0.4, -0.2) is 33.3 Å². The third-order valence-corrected chi connectivity index (χ3v) is 3.95. The van der Waals surface area contributed by atoms with Crippen LogP contribution in [-0.2, 0) is 19.1 Å². The van der Waals surface area contributed by atoms with Gasteiger partial charge in [0.1, 0.15) is 5.75 Å². The molecule has 5 nitrogen and oxygen atoms in total. The van der Waals surface area contributed by atoms with Gasteiger partial charge in [0.15, 0.2) is 5.41 Å². The summed E-state index contributed by atoms with van der Waals surface area (Å²) in [6.45, 7) is 0. The maximum Gasteiger partial charge on any atom is 0.323 e. The Kier molecular flexibility index (Phi) is 5.21. The van der Waals surface area contributed by atoms with Crippen molar-refractivity contribution in [1.29, 1.82) is 0 Å². The molecular weight excluding hydrogens is 296 g/mol. The molecule has 1 aliphatic rings. The Morgan fingerprint density at radius 2 is 1.78 bits per heavy atom. The standard InChI is InChI=1S/C18H20O5/c1-21-15-6-4-5-13(11-15)7-8-14-9-10-18(12-14,16(19)22-2)17(20)23-3/h4-9,11H,10,12H2,1-3H3/b8-7+. The van der Waals surface area contributed by atoms with Gasteiger partial charge in [-0.1, -0.05) is 35.9 Å². The average Bonchev–Trinajstić information content (AvgIpc) is 3.04. The molecule has 0 aliphatic heterocycles. The smallest absolute Gasteiger partial charge is 0.323 e. The van der Waals surface area contributed by atoms with Crippen molar-refractivity contribution in [3.05, 3.63) is 47.6 Å². The van der Waals surface area contributed by atoms with E-state index in [1.165, 1.54) is 14.2 Å². The van der Waals surface area contributed by atoms with E-state index in [0.717, 1.165) is 16.9 Å². The molecule has 1 aliphatic carbocycles. The predicted molar refractivity (Wildman–Crippen MR) is 85.8 cm³/mol. The number of methoxy groups -OCH3 is 3. The van der Waals surface area contributed by atoms with Crippen molar-refractivity contribution in [3.63, 3.8) is 0 Å². The zero-order valence-electron chi connectivity index (χ0n) is 13.5. The average molecular weight is 316 g/mol. The minimum atomic E-state index is -1.27. The van der Waals surface area contributed by atoms with Crippen LogP contribution in [0.25, 0.3) is 6.08 Å². The maximum atomic E-state index is 12.0. The topological polar surface area (TPSA) is 61.8 Å². The molecule has 0 spiro atoms. The highest BCUT2D eigenvalue weighted by Gasteiger charge is 2.50. The van der Waals surface area contributed by atoms with Crippen LogP contribution in [0.3, 0.4) is 0 Å². The summed E-state index contributed by atoms with van der Waals surface area (Å²) in [5.41, 5.74) is 0.597. The molecule has 0 amide bonds. The number of ether oxygens (including phenoxy) is 3. The molecule has 0 unspecified atom stereocenters. The lowest BCUT2D eigenvalue weighted by molar-refractivity contribution is -0.168. The molecule has 0 saturated carbocycles. The summed E-state index contributed by atoms with van der Waals surface area (Å²) < 4.78 is 14.8. The fourth-order valence-corrected chi connectivity index (χ4v) is 2.66. The molecule has 0 radical (unpaired) electrons. The van der Waals surface area contributed by atoms with Crippen LogP contribution in [0.4, 0.5) is 0 Å². The maximum absolute atomic E-state index is 12.0. The van der Waals surface area contributed by atoms with Crippen LogP contribution in [0.2, 0.25) is 0 Å². The lowest BCUT2D eigenvalue weighted by Gasteiger charge is -2.22. The molecule has 1 aromatic rings. The molecule has 0 N–H and O–H groups in total. The van der Waals surface area contributed by atoms with Gasteiger partial charge in [-0.3, -0.25) is 9.59 Å². The van der Waals surface area contributed by atoms with Gasteiger partial charge >= 0.3 is 11.9 Å². The molecule has 122 valence electrons. The number of benzene rings is 1. The Labute approximate surface area is 135 Å². The second-order valence-corrected chi connectivity index (χ2v) is 5.34. The highest BCUT2D eigenvalue weighted by atomic mass is 16.5. The molecule has 23 heavy (non-hydrogen) atoms. The molecule has 0 heterocycles. The van der Waals surface area contributed by atoms with Gasteiger partial charge in [-0.05, 0) is 30.5 Å². The Hall–Kier alpha value is -2.56. The summed E-state index contributed by atoms with van der Waals surface area (Å²) in [7, 11) is 4.16. The monoisotopic (exact) mass is 316 g/mol. The van der Waals surface area contributed by atoms with Crippen molar-refractivity contribution in [2.24, 2.45) is 5.41 Å². The summed E-state index contributed by atoms with van der Waals surface area (Å²) in [5, 5.41) is 0. The van der Waals surface area contributed by atoms with Crippen LogP contribution >= 0.6 is 0 Å². The van der Waals surface area contributed by atoms with E-state index in [9.17, 15) is 9.59 Å². The molecular formula is C18H20O5. The first kappa shape index (κ1) is 16.8. The van der Waals surface area contributed by atoms with E-state index in [4.69, 9.17) is 14.2 Å². The Morgan fingerprint density at radius 1 is 1.09 bits per heavy atom. The van der Waals surface area contributed by atoms with E-state index in [0.29, 0.717) is 0 Å². The van der Waals surface area contributed by atoms with Gasteiger partial charge < -0.3 is 14.2 Å². The van der Waals surface area contributed by atoms with E-state index in [1.807, 2.05) is 42.5 Å². The minimum Gasteiger partial charge on any atom is -0.497 e. The normalized spacial score (nSPS) is 16.0. The Morgan fingerprint density at radius 3 is 2.39 bits per heavy atom. The molecule has 0 fully saturated rings. The number of hydrogen-bond donors (Lipinski definition) is 0. The summed E-state index contributed by atoms with van der Waals surface area (Å²) in [5.74, 6) is -0.359. The van der Waals surface area contributed by atoms with Gasteiger partial charge in [-0.25, -0.2) is 0 Å². The van der Waals surface area contributed by atoms with Crippen LogP contribution in [0.1, 0.15) is 18.4 Å². The Balaban J connectivity index is 2.15. The van der Waals surface area contributed by atoms with Crippen LogP contribution < -0.4 is 4.74 Å². The first-order valence-electron chi connectivity index (χ1n) is 7.24. The lowest BCUT2D eigenvalue weighted by Crippen LogP contribution is -2.39. The van der Waals surface area contributed by atoms with E-state index in [1.54, 1.807) is 7.11 Å². The van der Waals surface area contributed by atoms with Crippen LogP contribution in [0.15, 0.2) is 42.0 Å². The van der Waals surface area contributed by atoms with Crippen molar-refractivity contribution in [2.45, 2.75) is 12.8 Å². The summed E-state index contributed by atoms with van der Waals surface area (Å²) >= 11 is 0. The first-order valence-corrected chi connectivity index (χ1v) is 7.24. The fraction of sp³-hybridized carbons (Fsp3) is 0.333. The van der Waals surface area contributed by atoms with E-state index >= 15 is 0 Å². The molecule has 0 aromatic heterocycles. The predicted octanol–water partition coefficient (Wildman–Crippen LogP) is 2.76. The molecule has 0 atom stereocenters. The largest absolute Gasteiger partial charge is 0.497 e. The number of esters is 2. The van der Waals surface area contributed by atoms with Gasteiger partial charge in [-0.15, -0.1) is 0 Å². The first-order chi connectivity index (χ1) is 11.1. The SMILES string of the molecule is COC(=O)C1(C(=O)OC)CC=C(/C=C/c2cccc(OC)c2)C1. The quantitative estimate of drug-likeness (QED) is 0.617. The number of rotatable bonds is 5. The highest BCUT2D eigenvalue weighted by Crippen LogP contribution is 2.40. The van der Waals surface area contributed by atoms with Crippen molar-refractivity contribution < 1.29 is 23.8 Å². The van der Waals surface area contributed by atoms with E-state index in [2.05, 4.69) is 0 Å². The van der Waals surface area contributed by atoms with Crippen molar-refractivity contribution in [1.82, 2.24) is 0 Å². The van der Waals surface area contributed by atoms with E-state index < -0.39 is 17.4 Å². The van der Waals surface area contributed by atoms with E-state index in [-0.39, 0.29) is 12.8 Å². The lowest BCUT2D eigenvalue weighted by atomic mass is 9.84. The second kappa shape index (κ2) is 7.13. The molecule has 1 aromatic carbocycles. The van der Waals surface area contributed by atoms with Gasteiger partial charge in [0, 0.05) is 0 Å². The number of allylic oxidation sites excluding steroid dienone is 3. The molecule has 0 saturated heterocycles. The number of carbonyl (C=O) groups excluding carboxylic acids is 2. The summed E-state index contributed by atoms with van der Waals surface area (Å²) in [6, 6.07) is 7.61. The zero-order chi connectivity index (χ0) is 16.9. The highest BCUT2D eigenvalue weighted by molar-refractivity contribution is 6.01. The van der Waals surface area contributed by atoms with Crippen molar-refractivity contribution in [2.75, 3.05) is 21.3 Å². The van der Waals surface area contributed by atoms with Crippen LogP contribution in [0, 0.1) is 5.41 Å². The second-order valence-electron chi connectivity index (χ2n) is 5.34. The van der Waals surface area contributed by atoms with Gasteiger partial charge in [0.2, 0.25) is 0 Å². The van der Waals surface area contributed by atoms with Gasteiger partial charge in [0.05, 0.1) is 21.3 Å². The third-order valence-electron chi connectivity index (χ3n) is 3.95. The number of carbonyl (C=O) groups is 2. The Bertz CT molecular complexity index is 641. The molecule has 0 bridgehead atoms. The third kappa shape index (κ3) is 3.44. The van der Waals surface area contributed by atoms with Gasteiger partial charge in [0.25, 0.3) is 0 Å². The summed E-state index contributed by atoms with van der Waals surface area (Å²) in [4.78, 5) is 24.1. The summed E-state index contributed by atoms with van der Waals surface area (Å²) in [6.07, 6.45) is 6.23. The zero-order valence-corrected chi connectivity index (χ0v) is 13.5. The van der Waals surface area contributed by atoms with Crippen LogP contribution in [0.5, 0.6) is 5.75 Å². The molecule has 2 rings (SSSR count). The number of hydrogen-bond acceptors (Lipinski definition) is 5. The van der Waals surface area contributed by atoms with Crippen molar-refractivity contribution in [3.8, 4) is 5.75 Å².